The minimum atomic E-state index is 0.604. The van der Waals surface area contributed by atoms with Crippen molar-refractivity contribution in [1.29, 1.82) is 0 Å². The molecule has 1 saturated heterocycles. The maximum atomic E-state index is 5.41. The van der Waals surface area contributed by atoms with Crippen LogP contribution in [0.15, 0.2) is 18.2 Å². The summed E-state index contributed by atoms with van der Waals surface area (Å²) in [5.74, 6) is 1.000. The minimum Gasteiger partial charge on any atom is -0.497 e. The SMILES string of the molecule is COc1ccc2c(c1)C(N1CCN(C)CC1)CCC2. The Bertz CT molecular complexity index is 438. The molecule has 1 aliphatic heterocycles. The number of methoxy groups -OCH3 is 1. The van der Waals surface area contributed by atoms with Crippen molar-refractivity contribution in [1.82, 2.24) is 9.80 Å². The fraction of sp³-hybridized carbons (Fsp3) is 0.625. The highest BCUT2D eigenvalue weighted by atomic mass is 16.5. The van der Waals surface area contributed by atoms with Crippen LogP contribution in [0.5, 0.6) is 5.75 Å². The second-order valence-electron chi connectivity index (χ2n) is 5.81. The smallest absolute Gasteiger partial charge is 0.119 e. The maximum absolute atomic E-state index is 5.41. The molecule has 1 unspecified atom stereocenters. The highest BCUT2D eigenvalue weighted by molar-refractivity contribution is 5.39. The molecule has 0 radical (unpaired) electrons. The van der Waals surface area contributed by atoms with Crippen LogP contribution in [0.3, 0.4) is 0 Å². The Kier molecular flexibility index (Phi) is 3.76. The van der Waals surface area contributed by atoms with Gasteiger partial charge in [-0.05, 0) is 49.6 Å². The van der Waals surface area contributed by atoms with Crippen LogP contribution in [0.25, 0.3) is 0 Å². The normalized spacial score (nSPS) is 25.1. The molecule has 1 aliphatic carbocycles. The molecule has 3 rings (SSSR count). The van der Waals surface area contributed by atoms with Crippen molar-refractivity contribution in [2.75, 3.05) is 40.3 Å². The fourth-order valence-corrected chi connectivity index (χ4v) is 3.39. The van der Waals surface area contributed by atoms with E-state index in [9.17, 15) is 0 Å². The van der Waals surface area contributed by atoms with Gasteiger partial charge in [-0.1, -0.05) is 6.07 Å². The summed E-state index contributed by atoms with van der Waals surface area (Å²) in [6, 6.07) is 7.23. The molecule has 0 N–H and O–H groups in total. The standard InChI is InChI=1S/C16H24N2O/c1-17-8-10-18(11-9-17)16-5-3-4-13-6-7-14(19-2)12-15(13)16/h6-7,12,16H,3-5,8-11H2,1-2H3. The summed E-state index contributed by atoms with van der Waals surface area (Å²) in [5.41, 5.74) is 3.03. The first kappa shape index (κ1) is 12.9. The Morgan fingerprint density at radius 2 is 1.95 bits per heavy atom. The summed E-state index contributed by atoms with van der Waals surface area (Å²) in [4.78, 5) is 5.09. The fourth-order valence-electron chi connectivity index (χ4n) is 3.39. The number of rotatable bonds is 2. The van der Waals surface area contributed by atoms with Crippen LogP contribution in [-0.2, 0) is 6.42 Å². The summed E-state index contributed by atoms with van der Waals surface area (Å²) in [6.45, 7) is 4.77. The number of aryl methyl sites for hydroxylation is 1. The van der Waals surface area contributed by atoms with E-state index in [4.69, 9.17) is 4.74 Å². The Hall–Kier alpha value is -1.06. The van der Waals surface area contributed by atoms with E-state index in [0.29, 0.717) is 6.04 Å². The molecule has 104 valence electrons. The molecular weight excluding hydrogens is 236 g/mol. The van der Waals surface area contributed by atoms with E-state index >= 15 is 0 Å². The van der Waals surface area contributed by atoms with Gasteiger partial charge in [-0.15, -0.1) is 0 Å². The van der Waals surface area contributed by atoms with Gasteiger partial charge in [-0.3, -0.25) is 4.90 Å². The van der Waals surface area contributed by atoms with Gasteiger partial charge in [0.05, 0.1) is 7.11 Å². The molecule has 0 aromatic heterocycles. The topological polar surface area (TPSA) is 15.7 Å². The van der Waals surface area contributed by atoms with Gasteiger partial charge in [0.15, 0.2) is 0 Å². The predicted molar refractivity (Wildman–Crippen MR) is 77.7 cm³/mol. The molecule has 19 heavy (non-hydrogen) atoms. The Morgan fingerprint density at radius 1 is 1.16 bits per heavy atom. The molecule has 0 amide bonds. The average Bonchev–Trinajstić information content (AvgIpc) is 2.47. The van der Waals surface area contributed by atoms with Crippen molar-refractivity contribution in [3.63, 3.8) is 0 Å². The molecule has 1 heterocycles. The van der Waals surface area contributed by atoms with Gasteiger partial charge in [0.1, 0.15) is 5.75 Å². The Morgan fingerprint density at radius 3 is 2.68 bits per heavy atom. The monoisotopic (exact) mass is 260 g/mol. The second-order valence-corrected chi connectivity index (χ2v) is 5.81. The van der Waals surface area contributed by atoms with Crippen molar-refractivity contribution in [3.05, 3.63) is 29.3 Å². The lowest BCUT2D eigenvalue weighted by Crippen LogP contribution is -2.46. The van der Waals surface area contributed by atoms with Crippen molar-refractivity contribution in [3.8, 4) is 5.75 Å². The van der Waals surface area contributed by atoms with Crippen LogP contribution in [0, 0.1) is 0 Å². The third kappa shape index (κ3) is 2.63. The van der Waals surface area contributed by atoms with Crippen LogP contribution in [0.2, 0.25) is 0 Å². The quantitative estimate of drug-likeness (QED) is 0.811. The second kappa shape index (κ2) is 5.51. The van der Waals surface area contributed by atoms with Gasteiger partial charge < -0.3 is 9.64 Å². The third-order valence-corrected chi connectivity index (χ3v) is 4.61. The largest absolute Gasteiger partial charge is 0.497 e. The molecule has 1 atom stereocenters. The number of hydrogen-bond acceptors (Lipinski definition) is 3. The van der Waals surface area contributed by atoms with Crippen molar-refractivity contribution in [2.45, 2.75) is 25.3 Å². The first-order valence-electron chi connectivity index (χ1n) is 7.37. The van der Waals surface area contributed by atoms with Crippen LogP contribution < -0.4 is 4.74 Å². The summed E-state index contributed by atoms with van der Waals surface area (Å²) in [6.07, 6.45) is 3.84. The van der Waals surface area contributed by atoms with Crippen molar-refractivity contribution < 1.29 is 4.74 Å². The first-order chi connectivity index (χ1) is 9.28. The van der Waals surface area contributed by atoms with E-state index in [2.05, 4.69) is 35.0 Å². The molecular formula is C16H24N2O. The lowest BCUT2D eigenvalue weighted by Gasteiger charge is -2.40. The lowest BCUT2D eigenvalue weighted by atomic mass is 9.86. The van der Waals surface area contributed by atoms with Gasteiger partial charge in [0, 0.05) is 32.2 Å². The number of fused-ring (bicyclic) bond motifs is 1. The summed E-state index contributed by atoms with van der Waals surface area (Å²) in [5, 5.41) is 0. The van der Waals surface area contributed by atoms with E-state index in [-0.39, 0.29) is 0 Å². The van der Waals surface area contributed by atoms with Crippen LogP contribution in [0.1, 0.15) is 30.0 Å². The first-order valence-corrected chi connectivity index (χ1v) is 7.37. The number of hydrogen-bond donors (Lipinski definition) is 0. The Labute approximate surface area is 116 Å². The lowest BCUT2D eigenvalue weighted by molar-refractivity contribution is 0.102. The zero-order chi connectivity index (χ0) is 13.2. The molecule has 1 aromatic carbocycles. The molecule has 1 aromatic rings. The van der Waals surface area contributed by atoms with E-state index < -0.39 is 0 Å². The summed E-state index contributed by atoms with van der Waals surface area (Å²) >= 11 is 0. The number of nitrogens with zero attached hydrogens (tertiary/aromatic N) is 2. The predicted octanol–water partition coefficient (Wildman–Crippen LogP) is 2.32. The number of ether oxygens (including phenoxy) is 1. The molecule has 0 bridgehead atoms. The van der Waals surface area contributed by atoms with E-state index in [1.165, 1.54) is 56.6 Å². The summed E-state index contributed by atoms with van der Waals surface area (Å²) in [7, 11) is 3.98. The van der Waals surface area contributed by atoms with Crippen LogP contribution >= 0.6 is 0 Å². The molecule has 0 spiro atoms. The number of benzene rings is 1. The molecule has 1 fully saturated rings. The zero-order valence-electron chi connectivity index (χ0n) is 12.1. The molecule has 0 saturated carbocycles. The van der Waals surface area contributed by atoms with Gasteiger partial charge in [0.25, 0.3) is 0 Å². The third-order valence-electron chi connectivity index (χ3n) is 4.61. The minimum absolute atomic E-state index is 0.604. The van der Waals surface area contributed by atoms with Crippen molar-refractivity contribution >= 4 is 0 Å². The number of likely N-dealkylation sites (N-methyl/N-ethyl adjacent to an activating group) is 1. The average molecular weight is 260 g/mol. The molecule has 3 heteroatoms. The van der Waals surface area contributed by atoms with Crippen molar-refractivity contribution in [2.24, 2.45) is 0 Å². The zero-order valence-corrected chi connectivity index (χ0v) is 12.1. The van der Waals surface area contributed by atoms with Gasteiger partial charge >= 0.3 is 0 Å². The molecule has 2 aliphatic rings. The van der Waals surface area contributed by atoms with E-state index in [0.717, 1.165) is 5.75 Å². The summed E-state index contributed by atoms with van der Waals surface area (Å²) < 4.78 is 5.41. The van der Waals surface area contributed by atoms with E-state index in [1.807, 2.05) is 0 Å². The van der Waals surface area contributed by atoms with Gasteiger partial charge in [-0.2, -0.15) is 0 Å². The Balaban J connectivity index is 1.84. The van der Waals surface area contributed by atoms with E-state index in [1.54, 1.807) is 7.11 Å². The highest BCUT2D eigenvalue weighted by Gasteiger charge is 2.28. The number of piperazine rings is 1. The van der Waals surface area contributed by atoms with Crippen LogP contribution in [-0.4, -0.2) is 50.1 Å². The molecule has 3 nitrogen and oxygen atoms in total. The van der Waals surface area contributed by atoms with Crippen LogP contribution in [0.4, 0.5) is 0 Å². The maximum Gasteiger partial charge on any atom is 0.119 e. The van der Waals surface area contributed by atoms with Gasteiger partial charge in [0.2, 0.25) is 0 Å². The van der Waals surface area contributed by atoms with Gasteiger partial charge in [-0.25, -0.2) is 0 Å². The highest BCUT2D eigenvalue weighted by Crippen LogP contribution is 2.36.